The van der Waals surface area contributed by atoms with Crippen LogP contribution in [0.4, 0.5) is 5.69 Å². The van der Waals surface area contributed by atoms with Crippen LogP contribution in [-0.4, -0.2) is 44.8 Å². The number of non-ortho nitro benzene ring substituents is 1. The lowest BCUT2D eigenvalue weighted by Crippen LogP contribution is -2.25. The second-order valence-corrected chi connectivity index (χ2v) is 5.61. The molecule has 0 aliphatic carbocycles. The molecule has 0 fully saturated rings. The maximum absolute atomic E-state index is 11.8. The highest BCUT2D eigenvalue weighted by molar-refractivity contribution is 7.89. The molecule has 0 atom stereocenters. The lowest BCUT2D eigenvalue weighted by Gasteiger charge is -2.06. The molecule has 1 rings (SSSR count). The topological polar surface area (TPSA) is 119 Å². The third kappa shape index (κ3) is 5.21. The molecule has 8 nitrogen and oxygen atoms in total. The fourth-order valence-corrected chi connectivity index (χ4v) is 2.45. The monoisotopic (exact) mass is 304 g/mol. The van der Waals surface area contributed by atoms with Crippen molar-refractivity contribution >= 4 is 15.7 Å². The Kier molecular flexibility index (Phi) is 6.52. The van der Waals surface area contributed by atoms with Crippen LogP contribution in [0, 0.1) is 10.1 Å². The molecule has 0 amide bonds. The van der Waals surface area contributed by atoms with E-state index < -0.39 is 14.9 Å². The first-order valence-corrected chi connectivity index (χ1v) is 7.38. The Hall–Kier alpha value is -1.55. The van der Waals surface area contributed by atoms with Crippen molar-refractivity contribution in [2.24, 2.45) is 0 Å². The summed E-state index contributed by atoms with van der Waals surface area (Å²) in [5, 5.41) is 18.9. The Balaban J connectivity index is 2.49. The van der Waals surface area contributed by atoms with Gasteiger partial charge in [-0.3, -0.25) is 10.1 Å². The van der Waals surface area contributed by atoms with Crippen LogP contribution in [-0.2, 0) is 14.8 Å². The second-order valence-electron chi connectivity index (χ2n) is 3.84. The third-order valence-electron chi connectivity index (χ3n) is 2.35. The Morgan fingerprint density at radius 3 is 2.45 bits per heavy atom. The normalized spacial score (nSPS) is 11.4. The van der Waals surface area contributed by atoms with Gasteiger partial charge in [-0.05, 0) is 18.6 Å². The van der Waals surface area contributed by atoms with Gasteiger partial charge in [0, 0.05) is 25.3 Å². The van der Waals surface area contributed by atoms with Crippen molar-refractivity contribution in [2.45, 2.75) is 11.3 Å². The van der Waals surface area contributed by atoms with Gasteiger partial charge < -0.3 is 9.84 Å². The summed E-state index contributed by atoms with van der Waals surface area (Å²) in [5.41, 5.74) is -0.165. The fourth-order valence-electron chi connectivity index (χ4n) is 1.38. The van der Waals surface area contributed by atoms with Crippen LogP contribution in [0.25, 0.3) is 0 Å². The number of nitro benzene ring substituents is 1. The number of sulfonamides is 1. The molecule has 2 N–H and O–H groups in total. The van der Waals surface area contributed by atoms with Crippen LogP contribution in [0.5, 0.6) is 0 Å². The highest BCUT2D eigenvalue weighted by atomic mass is 32.2. The van der Waals surface area contributed by atoms with Gasteiger partial charge in [0.25, 0.3) is 5.69 Å². The standard InChI is InChI=1S/C11H16N2O6S/c14-7-9-19-8-1-6-12-20(17,18)11-4-2-10(3-5-11)13(15)16/h2-5,12,14H,1,6-9H2. The average Bonchev–Trinajstić information content (AvgIpc) is 2.43. The van der Waals surface area contributed by atoms with Crippen LogP contribution in [0.2, 0.25) is 0 Å². The van der Waals surface area contributed by atoms with Crippen molar-refractivity contribution in [3.05, 3.63) is 34.4 Å². The molecular weight excluding hydrogens is 288 g/mol. The number of aliphatic hydroxyl groups excluding tert-OH is 1. The zero-order valence-electron chi connectivity index (χ0n) is 10.7. The highest BCUT2D eigenvalue weighted by Gasteiger charge is 2.14. The summed E-state index contributed by atoms with van der Waals surface area (Å²) >= 11 is 0. The molecule has 0 bridgehead atoms. The molecule has 0 aromatic heterocycles. The quantitative estimate of drug-likeness (QED) is 0.384. The molecule has 0 aliphatic rings. The summed E-state index contributed by atoms with van der Waals surface area (Å²) in [6.45, 7) is 0.664. The third-order valence-corrected chi connectivity index (χ3v) is 3.83. The number of nitrogens with zero attached hydrogens (tertiary/aromatic N) is 1. The van der Waals surface area contributed by atoms with Crippen LogP contribution in [0.1, 0.15) is 6.42 Å². The number of nitro groups is 1. The summed E-state index contributed by atoms with van der Waals surface area (Å²) in [4.78, 5) is 9.84. The summed E-state index contributed by atoms with van der Waals surface area (Å²) in [6.07, 6.45) is 0.464. The van der Waals surface area contributed by atoms with Crippen LogP contribution in [0.15, 0.2) is 29.2 Å². The van der Waals surface area contributed by atoms with E-state index in [0.717, 1.165) is 12.1 Å². The number of nitrogens with one attached hydrogen (secondary N) is 1. The molecule has 0 radical (unpaired) electrons. The van der Waals surface area contributed by atoms with Crippen LogP contribution >= 0.6 is 0 Å². The molecule has 112 valence electrons. The molecule has 0 saturated heterocycles. The van der Waals surface area contributed by atoms with Gasteiger partial charge >= 0.3 is 0 Å². The molecule has 0 unspecified atom stereocenters. The zero-order valence-corrected chi connectivity index (χ0v) is 11.5. The lowest BCUT2D eigenvalue weighted by atomic mass is 10.3. The summed E-state index contributed by atoms with van der Waals surface area (Å²) in [6, 6.07) is 4.64. The highest BCUT2D eigenvalue weighted by Crippen LogP contribution is 2.15. The minimum Gasteiger partial charge on any atom is -0.394 e. The van der Waals surface area contributed by atoms with E-state index >= 15 is 0 Å². The maximum Gasteiger partial charge on any atom is 0.269 e. The summed E-state index contributed by atoms with van der Waals surface area (Å²) in [7, 11) is -3.67. The van der Waals surface area contributed by atoms with Gasteiger partial charge in [-0.25, -0.2) is 13.1 Å². The number of aliphatic hydroxyl groups is 1. The van der Waals surface area contributed by atoms with Crippen molar-refractivity contribution < 1.29 is 23.2 Å². The van der Waals surface area contributed by atoms with E-state index in [-0.39, 0.29) is 30.3 Å². The number of hydrogen-bond donors (Lipinski definition) is 2. The molecule has 20 heavy (non-hydrogen) atoms. The molecule has 1 aromatic rings. The van der Waals surface area contributed by atoms with E-state index in [2.05, 4.69) is 4.72 Å². The number of ether oxygens (including phenoxy) is 1. The van der Waals surface area contributed by atoms with Gasteiger partial charge in [-0.2, -0.15) is 0 Å². The van der Waals surface area contributed by atoms with Crippen molar-refractivity contribution in [1.82, 2.24) is 4.72 Å². The molecule has 0 saturated carbocycles. The predicted molar refractivity (Wildman–Crippen MR) is 70.8 cm³/mol. The SMILES string of the molecule is O=[N+]([O-])c1ccc(S(=O)(=O)NCCCOCCO)cc1. The largest absolute Gasteiger partial charge is 0.394 e. The molecule has 1 aromatic carbocycles. The van der Waals surface area contributed by atoms with Crippen molar-refractivity contribution in [3.8, 4) is 0 Å². The smallest absolute Gasteiger partial charge is 0.269 e. The molecule has 0 spiro atoms. The second kappa shape index (κ2) is 7.90. The first-order valence-electron chi connectivity index (χ1n) is 5.90. The fraction of sp³-hybridized carbons (Fsp3) is 0.455. The first-order chi connectivity index (χ1) is 9.47. The molecule has 0 heterocycles. The van der Waals surface area contributed by atoms with E-state index in [9.17, 15) is 18.5 Å². The van der Waals surface area contributed by atoms with E-state index in [0.29, 0.717) is 13.0 Å². The van der Waals surface area contributed by atoms with Crippen LogP contribution in [0.3, 0.4) is 0 Å². The van der Waals surface area contributed by atoms with Gasteiger partial charge in [0.15, 0.2) is 0 Å². The maximum atomic E-state index is 11.8. The van der Waals surface area contributed by atoms with Gasteiger partial charge in [0.2, 0.25) is 10.0 Å². The Bertz CT molecular complexity index is 528. The molecule has 0 aliphatic heterocycles. The van der Waals surface area contributed by atoms with Crippen molar-refractivity contribution in [2.75, 3.05) is 26.4 Å². The number of benzene rings is 1. The average molecular weight is 304 g/mol. The van der Waals surface area contributed by atoms with Crippen molar-refractivity contribution in [1.29, 1.82) is 0 Å². The van der Waals surface area contributed by atoms with Gasteiger partial charge in [-0.1, -0.05) is 0 Å². The summed E-state index contributed by atoms with van der Waals surface area (Å²) in [5.74, 6) is 0. The van der Waals surface area contributed by atoms with Crippen molar-refractivity contribution in [3.63, 3.8) is 0 Å². The predicted octanol–water partition coefficient (Wildman–Crippen LogP) is 0.272. The van der Waals surface area contributed by atoms with E-state index in [1.165, 1.54) is 12.1 Å². The van der Waals surface area contributed by atoms with Gasteiger partial charge in [0.05, 0.1) is 23.0 Å². The summed E-state index contributed by atoms with van der Waals surface area (Å²) < 4.78 is 31.0. The Morgan fingerprint density at radius 1 is 1.25 bits per heavy atom. The lowest BCUT2D eigenvalue weighted by molar-refractivity contribution is -0.384. The Morgan fingerprint density at radius 2 is 1.90 bits per heavy atom. The Labute approximate surface area is 116 Å². The number of hydrogen-bond acceptors (Lipinski definition) is 6. The first kappa shape index (κ1) is 16.5. The minimum absolute atomic E-state index is 0.0284. The van der Waals surface area contributed by atoms with E-state index in [4.69, 9.17) is 9.84 Å². The molecular formula is C11H16N2O6S. The molecule has 9 heteroatoms. The zero-order chi connectivity index (χ0) is 15.0. The van der Waals surface area contributed by atoms with Gasteiger partial charge in [-0.15, -0.1) is 0 Å². The minimum atomic E-state index is -3.67. The van der Waals surface area contributed by atoms with E-state index in [1.807, 2.05) is 0 Å². The van der Waals surface area contributed by atoms with E-state index in [1.54, 1.807) is 0 Å². The van der Waals surface area contributed by atoms with Gasteiger partial charge in [0.1, 0.15) is 0 Å². The number of rotatable bonds is 9. The van der Waals surface area contributed by atoms with Crippen LogP contribution < -0.4 is 4.72 Å².